The highest BCUT2D eigenvalue weighted by molar-refractivity contribution is 5.85. The average molecular weight is 357 g/mol. The molecule has 138 valence electrons. The van der Waals surface area contributed by atoms with E-state index < -0.39 is 0 Å². The number of benzene rings is 2. The lowest BCUT2D eigenvalue weighted by atomic mass is 9.85. The smallest absolute Gasteiger partial charge is 0.0482 e. The number of para-hydroxylation sites is 1. The van der Waals surface area contributed by atoms with Gasteiger partial charge in [-0.25, -0.2) is 0 Å². The van der Waals surface area contributed by atoms with Gasteiger partial charge in [-0.2, -0.15) is 0 Å². The molecule has 1 aliphatic heterocycles. The number of aromatic nitrogens is 1. The molecule has 0 fully saturated rings. The fourth-order valence-electron chi connectivity index (χ4n) is 5.11. The van der Waals surface area contributed by atoms with E-state index in [0.29, 0.717) is 0 Å². The molecule has 27 heavy (non-hydrogen) atoms. The van der Waals surface area contributed by atoms with Gasteiger partial charge in [-0.3, -0.25) is 4.90 Å². The maximum atomic E-state index is 2.66. The van der Waals surface area contributed by atoms with Crippen LogP contribution in [0.4, 0.5) is 0 Å². The Morgan fingerprint density at radius 2 is 1.78 bits per heavy atom. The van der Waals surface area contributed by atoms with Crippen LogP contribution in [0, 0.1) is 5.92 Å². The Kier molecular flexibility index (Phi) is 4.37. The number of fused-ring (bicyclic) bond motifs is 3. The minimum absolute atomic E-state index is 0.787. The fourth-order valence-corrected chi connectivity index (χ4v) is 5.11. The van der Waals surface area contributed by atoms with Gasteiger partial charge in [0, 0.05) is 43.3 Å². The second kappa shape index (κ2) is 7.01. The van der Waals surface area contributed by atoms with Gasteiger partial charge in [-0.1, -0.05) is 54.6 Å². The van der Waals surface area contributed by atoms with Crippen molar-refractivity contribution < 1.29 is 0 Å². The van der Waals surface area contributed by atoms with Crippen molar-refractivity contribution in [3.8, 4) is 0 Å². The van der Waals surface area contributed by atoms with Gasteiger partial charge in [0.25, 0.3) is 0 Å². The lowest BCUT2D eigenvalue weighted by Crippen LogP contribution is -2.35. The number of rotatable bonds is 3. The van der Waals surface area contributed by atoms with Gasteiger partial charge in [-0.15, -0.1) is 0 Å². The molecule has 2 nitrogen and oxygen atoms in total. The van der Waals surface area contributed by atoms with Crippen LogP contribution in [0.5, 0.6) is 0 Å². The average Bonchev–Trinajstić information content (AvgIpc) is 3.01. The van der Waals surface area contributed by atoms with E-state index in [4.69, 9.17) is 0 Å². The third kappa shape index (κ3) is 3.12. The van der Waals surface area contributed by atoms with Gasteiger partial charge in [0.15, 0.2) is 0 Å². The summed E-state index contributed by atoms with van der Waals surface area (Å²) in [7, 11) is 2.24. The van der Waals surface area contributed by atoms with Crippen LogP contribution in [0.25, 0.3) is 16.5 Å². The molecule has 0 N–H and O–H groups in total. The predicted molar refractivity (Wildman–Crippen MR) is 114 cm³/mol. The van der Waals surface area contributed by atoms with E-state index in [1.807, 2.05) is 0 Å². The van der Waals surface area contributed by atoms with Crippen molar-refractivity contribution in [3.63, 3.8) is 0 Å². The molecule has 1 aliphatic carbocycles. The lowest BCUT2D eigenvalue weighted by molar-refractivity contribution is 0.238. The summed E-state index contributed by atoms with van der Waals surface area (Å²) in [4.78, 5) is 2.66. The van der Waals surface area contributed by atoms with Crippen LogP contribution in [0.3, 0.4) is 0 Å². The predicted octanol–water partition coefficient (Wildman–Crippen LogP) is 5.07. The molecule has 0 radical (unpaired) electrons. The number of nitrogens with zero attached hydrogens (tertiary/aromatic N) is 2. The van der Waals surface area contributed by atoms with Gasteiger partial charge >= 0.3 is 0 Å². The van der Waals surface area contributed by atoms with E-state index in [2.05, 4.69) is 77.2 Å². The zero-order chi connectivity index (χ0) is 18.2. The second-order valence-corrected chi connectivity index (χ2v) is 8.22. The van der Waals surface area contributed by atoms with E-state index >= 15 is 0 Å². The molecule has 5 rings (SSSR count). The quantitative estimate of drug-likeness (QED) is 0.636. The van der Waals surface area contributed by atoms with Gasteiger partial charge in [0.05, 0.1) is 0 Å². The van der Waals surface area contributed by atoms with Crippen LogP contribution in [-0.2, 0) is 19.9 Å². The molecule has 3 aromatic rings. The molecular weight excluding hydrogens is 328 g/mol. The highest BCUT2D eigenvalue weighted by atomic mass is 15.1. The number of hydrogen-bond donors (Lipinski definition) is 0. The molecule has 2 heterocycles. The Hall–Kier alpha value is -2.32. The molecule has 2 aromatic carbocycles. The summed E-state index contributed by atoms with van der Waals surface area (Å²) in [5.74, 6) is 0.787. The number of hydrogen-bond acceptors (Lipinski definition) is 1. The Morgan fingerprint density at radius 3 is 2.59 bits per heavy atom. The van der Waals surface area contributed by atoms with Crippen LogP contribution < -0.4 is 0 Å². The molecule has 1 atom stereocenters. The molecule has 0 amide bonds. The van der Waals surface area contributed by atoms with Crippen LogP contribution in [-0.4, -0.2) is 29.1 Å². The molecular formula is C25H28N2. The summed E-state index contributed by atoms with van der Waals surface area (Å²) in [5.41, 5.74) is 7.50. The third-order valence-electron chi connectivity index (χ3n) is 6.58. The van der Waals surface area contributed by atoms with Gasteiger partial charge in [0.1, 0.15) is 0 Å². The normalized spacial score (nSPS) is 20.5. The summed E-state index contributed by atoms with van der Waals surface area (Å²) >= 11 is 0. The van der Waals surface area contributed by atoms with Gasteiger partial charge < -0.3 is 4.57 Å². The maximum Gasteiger partial charge on any atom is 0.0482 e. The van der Waals surface area contributed by atoms with Crippen molar-refractivity contribution >= 4 is 16.5 Å². The standard InChI is InChI=1S/C25H28N2/c1-26-24-10-6-5-9-22(24)23-17-19(11-12-25(23)26)18-27-15-13-21(14-16-27)20-7-3-2-4-8-20/h2-10,13,19H,11-12,14-18H2,1H3. The first-order valence-electron chi connectivity index (χ1n) is 10.3. The molecule has 2 aliphatic rings. The number of aryl methyl sites for hydroxylation is 1. The largest absolute Gasteiger partial charge is 0.347 e. The van der Waals surface area contributed by atoms with Crippen LogP contribution in [0.1, 0.15) is 29.7 Å². The van der Waals surface area contributed by atoms with Crippen molar-refractivity contribution in [2.45, 2.75) is 25.7 Å². The fraction of sp³-hybridized carbons (Fsp3) is 0.360. The van der Waals surface area contributed by atoms with E-state index in [1.54, 1.807) is 11.3 Å². The van der Waals surface area contributed by atoms with Crippen LogP contribution >= 0.6 is 0 Å². The summed E-state index contributed by atoms with van der Waals surface area (Å²) < 4.78 is 2.43. The zero-order valence-corrected chi connectivity index (χ0v) is 16.2. The van der Waals surface area contributed by atoms with E-state index in [0.717, 1.165) is 12.5 Å². The topological polar surface area (TPSA) is 8.17 Å². The minimum Gasteiger partial charge on any atom is -0.347 e. The Bertz CT molecular complexity index is 980. The lowest BCUT2D eigenvalue weighted by Gasteiger charge is -2.32. The van der Waals surface area contributed by atoms with Crippen molar-refractivity contribution in [3.05, 3.63) is 77.5 Å². The highest BCUT2D eigenvalue weighted by Gasteiger charge is 2.26. The molecule has 2 heteroatoms. The van der Waals surface area contributed by atoms with Crippen molar-refractivity contribution in [1.82, 2.24) is 9.47 Å². The summed E-state index contributed by atoms with van der Waals surface area (Å²) in [6, 6.07) is 19.8. The van der Waals surface area contributed by atoms with E-state index in [-0.39, 0.29) is 0 Å². The van der Waals surface area contributed by atoms with Crippen molar-refractivity contribution in [2.75, 3.05) is 19.6 Å². The highest BCUT2D eigenvalue weighted by Crippen LogP contribution is 2.34. The Balaban J connectivity index is 1.29. The minimum atomic E-state index is 0.787. The SMILES string of the molecule is Cn1c2c(c3ccccc31)CC(CN1CC=C(c3ccccc3)CC1)CC2. The summed E-state index contributed by atoms with van der Waals surface area (Å²) in [6.45, 7) is 3.53. The van der Waals surface area contributed by atoms with Crippen LogP contribution in [0.2, 0.25) is 0 Å². The molecule has 0 saturated carbocycles. The first-order valence-corrected chi connectivity index (χ1v) is 10.3. The zero-order valence-electron chi connectivity index (χ0n) is 16.2. The molecule has 1 unspecified atom stereocenters. The molecule has 0 bridgehead atoms. The van der Waals surface area contributed by atoms with E-state index in [1.165, 1.54) is 60.8 Å². The van der Waals surface area contributed by atoms with E-state index in [9.17, 15) is 0 Å². The van der Waals surface area contributed by atoms with Gasteiger partial charge in [0.2, 0.25) is 0 Å². The summed E-state index contributed by atoms with van der Waals surface area (Å²) in [5, 5.41) is 1.48. The van der Waals surface area contributed by atoms with Gasteiger partial charge in [-0.05, 0) is 54.4 Å². The van der Waals surface area contributed by atoms with Crippen molar-refractivity contribution in [1.29, 1.82) is 0 Å². The Labute approximate surface area is 162 Å². The first-order chi connectivity index (χ1) is 13.3. The van der Waals surface area contributed by atoms with Crippen molar-refractivity contribution in [2.24, 2.45) is 13.0 Å². The third-order valence-corrected chi connectivity index (χ3v) is 6.58. The molecule has 1 aromatic heterocycles. The molecule has 0 saturated heterocycles. The molecule has 0 spiro atoms. The summed E-state index contributed by atoms with van der Waals surface area (Å²) in [6.07, 6.45) is 7.41. The first kappa shape index (κ1) is 16.8. The monoisotopic (exact) mass is 356 g/mol. The Morgan fingerprint density at radius 1 is 0.963 bits per heavy atom. The second-order valence-electron chi connectivity index (χ2n) is 8.22. The maximum absolute atomic E-state index is 2.66. The van der Waals surface area contributed by atoms with Crippen LogP contribution in [0.15, 0.2) is 60.7 Å².